The first-order valence-corrected chi connectivity index (χ1v) is 9.10. The molecule has 0 unspecified atom stereocenters. The third kappa shape index (κ3) is 3.47. The van der Waals surface area contributed by atoms with Gasteiger partial charge in [0, 0.05) is 42.1 Å². The van der Waals surface area contributed by atoms with Gasteiger partial charge in [-0.2, -0.15) is 10.1 Å². The molecule has 0 bridgehead atoms. The van der Waals surface area contributed by atoms with E-state index in [0.29, 0.717) is 5.95 Å². The fourth-order valence-electron chi connectivity index (χ4n) is 3.19. The quantitative estimate of drug-likeness (QED) is 0.510. The number of carbonyl (C=O) groups excluding carboxylic acids is 1. The molecule has 0 aliphatic rings. The van der Waals surface area contributed by atoms with Crippen molar-refractivity contribution in [1.82, 2.24) is 24.3 Å². The zero-order valence-corrected chi connectivity index (χ0v) is 16.5. The lowest BCUT2D eigenvalue weighted by molar-refractivity contribution is -0.111. The number of hydrogen-bond donors (Lipinski definition) is 2. The first-order valence-electron chi connectivity index (χ1n) is 9.10. The van der Waals surface area contributed by atoms with E-state index in [9.17, 15) is 4.79 Å². The summed E-state index contributed by atoms with van der Waals surface area (Å²) in [7, 11) is 1.85. The van der Waals surface area contributed by atoms with Crippen molar-refractivity contribution in [1.29, 1.82) is 0 Å². The van der Waals surface area contributed by atoms with Crippen molar-refractivity contribution < 1.29 is 4.79 Å². The van der Waals surface area contributed by atoms with Gasteiger partial charge in [0.15, 0.2) is 0 Å². The number of rotatable bonds is 5. The summed E-state index contributed by atoms with van der Waals surface area (Å²) < 4.78 is 3.76. The maximum absolute atomic E-state index is 11.6. The number of amides is 1. The Bertz CT molecular complexity index is 1240. The van der Waals surface area contributed by atoms with Crippen molar-refractivity contribution >= 4 is 34.3 Å². The summed E-state index contributed by atoms with van der Waals surface area (Å²) in [5.41, 5.74) is 3.74. The van der Waals surface area contributed by atoms with Gasteiger partial charge in [0.1, 0.15) is 11.6 Å². The highest BCUT2D eigenvalue weighted by Gasteiger charge is 2.13. The fourth-order valence-corrected chi connectivity index (χ4v) is 3.19. The average molecular weight is 387 g/mol. The van der Waals surface area contributed by atoms with Crippen LogP contribution in [0.25, 0.3) is 16.7 Å². The van der Waals surface area contributed by atoms with Crippen LogP contribution in [0.4, 0.5) is 17.5 Å². The molecule has 0 atom stereocenters. The lowest BCUT2D eigenvalue weighted by Crippen LogP contribution is -2.07. The van der Waals surface area contributed by atoms with Gasteiger partial charge in [0.05, 0.1) is 11.7 Å². The van der Waals surface area contributed by atoms with Crippen LogP contribution >= 0.6 is 0 Å². The van der Waals surface area contributed by atoms with Gasteiger partial charge < -0.3 is 15.2 Å². The molecule has 3 heterocycles. The highest BCUT2D eigenvalue weighted by atomic mass is 16.1. The number of aromatic nitrogens is 5. The smallest absolute Gasteiger partial charge is 0.247 e. The molecule has 0 spiro atoms. The molecule has 0 fully saturated rings. The van der Waals surface area contributed by atoms with Crippen LogP contribution in [0.1, 0.15) is 11.1 Å². The first kappa shape index (κ1) is 18.4. The van der Waals surface area contributed by atoms with E-state index < -0.39 is 0 Å². The molecule has 0 radical (unpaired) electrons. The van der Waals surface area contributed by atoms with E-state index in [0.717, 1.165) is 39.4 Å². The second-order valence-corrected chi connectivity index (χ2v) is 6.77. The van der Waals surface area contributed by atoms with Crippen LogP contribution in [-0.4, -0.2) is 30.2 Å². The van der Waals surface area contributed by atoms with Crippen molar-refractivity contribution in [3.63, 3.8) is 0 Å². The third-order valence-electron chi connectivity index (χ3n) is 4.69. The maximum atomic E-state index is 11.6. The van der Waals surface area contributed by atoms with Gasteiger partial charge in [-0.3, -0.25) is 9.48 Å². The Hall–Kier alpha value is -3.94. The summed E-state index contributed by atoms with van der Waals surface area (Å²) in [5.74, 6) is 1.84. The molecule has 8 nitrogen and oxygen atoms in total. The molecule has 8 heteroatoms. The standard InChI is InChI=1S/C21H21N7O/c1-5-19(29)24-15-6-7-17-16(10-15)14(3)12-28(17)20-13(2)11-22-21(26-20)25-18-8-9-23-27(18)4/h5-12H,1H2,2-4H3,(H,24,29)(H,22,25,26). The molecule has 4 rings (SSSR count). The van der Waals surface area contributed by atoms with E-state index in [1.807, 2.05) is 55.9 Å². The van der Waals surface area contributed by atoms with Gasteiger partial charge in [-0.1, -0.05) is 6.58 Å². The molecule has 0 aliphatic heterocycles. The third-order valence-corrected chi connectivity index (χ3v) is 4.69. The largest absolute Gasteiger partial charge is 0.323 e. The minimum absolute atomic E-state index is 0.237. The van der Waals surface area contributed by atoms with Gasteiger partial charge in [-0.25, -0.2) is 4.98 Å². The number of nitrogens with zero attached hydrogens (tertiary/aromatic N) is 5. The van der Waals surface area contributed by atoms with E-state index in [1.54, 1.807) is 17.1 Å². The Kier molecular flexibility index (Phi) is 4.59. The van der Waals surface area contributed by atoms with Crippen LogP contribution in [0.5, 0.6) is 0 Å². The minimum atomic E-state index is -0.237. The monoisotopic (exact) mass is 387 g/mol. The number of carbonyl (C=O) groups is 1. The topological polar surface area (TPSA) is 89.7 Å². The lowest BCUT2D eigenvalue weighted by atomic mass is 10.1. The van der Waals surface area contributed by atoms with Gasteiger partial charge in [-0.05, 0) is 43.7 Å². The molecule has 2 N–H and O–H groups in total. The van der Waals surface area contributed by atoms with Crippen molar-refractivity contribution in [2.45, 2.75) is 13.8 Å². The van der Waals surface area contributed by atoms with Crippen LogP contribution in [0.3, 0.4) is 0 Å². The second kappa shape index (κ2) is 7.23. The zero-order valence-electron chi connectivity index (χ0n) is 16.5. The van der Waals surface area contributed by atoms with Crippen LogP contribution in [0.2, 0.25) is 0 Å². The Morgan fingerprint density at radius 2 is 2.03 bits per heavy atom. The fraction of sp³-hybridized carbons (Fsp3) is 0.143. The van der Waals surface area contributed by atoms with Gasteiger partial charge in [0.2, 0.25) is 11.9 Å². The number of benzene rings is 1. The van der Waals surface area contributed by atoms with E-state index in [1.165, 1.54) is 6.08 Å². The predicted octanol–water partition coefficient (Wildman–Crippen LogP) is 3.64. The SMILES string of the molecule is C=CC(=O)Nc1ccc2c(c1)c(C)cn2-c1nc(Nc2ccnn2C)ncc1C. The minimum Gasteiger partial charge on any atom is -0.323 e. The van der Waals surface area contributed by atoms with E-state index in [-0.39, 0.29) is 5.91 Å². The molecule has 0 aliphatic carbocycles. The molecular formula is C21H21N7O. The molecule has 1 amide bonds. The second-order valence-electron chi connectivity index (χ2n) is 6.77. The van der Waals surface area contributed by atoms with E-state index >= 15 is 0 Å². The highest BCUT2D eigenvalue weighted by Crippen LogP contribution is 2.28. The normalized spacial score (nSPS) is 10.9. The van der Waals surface area contributed by atoms with Gasteiger partial charge in [0.25, 0.3) is 0 Å². The highest BCUT2D eigenvalue weighted by molar-refractivity contribution is 6.00. The summed E-state index contributed by atoms with van der Waals surface area (Å²) in [6.07, 6.45) is 6.79. The number of aryl methyl sites for hydroxylation is 3. The van der Waals surface area contributed by atoms with Gasteiger partial charge >= 0.3 is 0 Å². The van der Waals surface area contributed by atoms with Crippen LogP contribution in [0.15, 0.2) is 55.5 Å². The summed E-state index contributed by atoms with van der Waals surface area (Å²) in [5, 5.41) is 11.2. The summed E-state index contributed by atoms with van der Waals surface area (Å²) in [4.78, 5) is 20.7. The zero-order chi connectivity index (χ0) is 20.5. The molecule has 1 aromatic carbocycles. The lowest BCUT2D eigenvalue weighted by Gasteiger charge is -2.11. The summed E-state index contributed by atoms with van der Waals surface area (Å²) >= 11 is 0. The molecule has 29 heavy (non-hydrogen) atoms. The van der Waals surface area contributed by atoms with E-state index in [4.69, 9.17) is 4.98 Å². The number of fused-ring (bicyclic) bond motifs is 1. The molecule has 0 saturated heterocycles. The Morgan fingerprint density at radius 1 is 1.21 bits per heavy atom. The molecule has 0 saturated carbocycles. The maximum Gasteiger partial charge on any atom is 0.247 e. The first-order chi connectivity index (χ1) is 14.0. The molecule has 146 valence electrons. The number of nitrogens with one attached hydrogen (secondary N) is 2. The van der Waals surface area contributed by atoms with Crippen LogP contribution in [-0.2, 0) is 11.8 Å². The predicted molar refractivity (Wildman–Crippen MR) is 114 cm³/mol. The number of anilines is 3. The van der Waals surface area contributed by atoms with Crippen molar-refractivity contribution in [2.75, 3.05) is 10.6 Å². The summed E-state index contributed by atoms with van der Waals surface area (Å²) in [6, 6.07) is 7.65. The molecule has 4 aromatic rings. The van der Waals surface area contributed by atoms with E-state index in [2.05, 4.69) is 27.3 Å². The van der Waals surface area contributed by atoms with Crippen molar-refractivity contribution in [2.24, 2.45) is 7.05 Å². The molecule has 3 aromatic heterocycles. The van der Waals surface area contributed by atoms with Crippen LogP contribution in [0, 0.1) is 13.8 Å². The average Bonchev–Trinajstić information content (AvgIpc) is 3.26. The van der Waals surface area contributed by atoms with Gasteiger partial charge in [-0.15, -0.1) is 0 Å². The number of hydrogen-bond acceptors (Lipinski definition) is 5. The Morgan fingerprint density at radius 3 is 2.76 bits per heavy atom. The summed E-state index contributed by atoms with van der Waals surface area (Å²) in [6.45, 7) is 7.49. The molecular weight excluding hydrogens is 366 g/mol. The van der Waals surface area contributed by atoms with Crippen LogP contribution < -0.4 is 10.6 Å². The Labute approximate surface area is 167 Å². The van der Waals surface area contributed by atoms with Crippen molar-refractivity contribution in [3.05, 3.63) is 66.6 Å². The Balaban J connectivity index is 1.76. The van der Waals surface area contributed by atoms with Crippen molar-refractivity contribution in [3.8, 4) is 5.82 Å².